The number of piperidine rings is 1. The van der Waals surface area contributed by atoms with Crippen molar-refractivity contribution in [2.45, 2.75) is 65.9 Å². The van der Waals surface area contributed by atoms with E-state index in [-0.39, 0.29) is 34.6 Å². The molecule has 222 valence electrons. The van der Waals surface area contributed by atoms with Crippen molar-refractivity contribution < 1.29 is 31.4 Å². The lowest BCUT2D eigenvalue weighted by atomic mass is 9.88. The highest BCUT2D eigenvalue weighted by molar-refractivity contribution is 7.92. The quantitative estimate of drug-likeness (QED) is 0.359. The summed E-state index contributed by atoms with van der Waals surface area (Å²) in [5.41, 5.74) is 0.366. The van der Waals surface area contributed by atoms with Crippen LogP contribution in [-0.2, 0) is 24.6 Å². The van der Waals surface area contributed by atoms with Crippen molar-refractivity contribution in [2.24, 2.45) is 0 Å². The van der Waals surface area contributed by atoms with E-state index in [0.717, 1.165) is 17.3 Å². The molecule has 2 unspecified atom stereocenters. The molecule has 3 heterocycles. The third kappa shape index (κ3) is 6.58. The predicted molar refractivity (Wildman–Crippen MR) is 155 cm³/mol. The minimum Gasteiger partial charge on any atom is -0.491 e. The lowest BCUT2D eigenvalue weighted by molar-refractivity contribution is -0.0312. The van der Waals surface area contributed by atoms with Gasteiger partial charge in [0.05, 0.1) is 32.8 Å². The van der Waals surface area contributed by atoms with Gasteiger partial charge in [-0.1, -0.05) is 12.1 Å². The molecule has 2 aliphatic heterocycles. The Labute approximate surface area is 241 Å². The second-order valence-electron chi connectivity index (χ2n) is 11.1. The van der Waals surface area contributed by atoms with Crippen LogP contribution in [0.5, 0.6) is 5.75 Å². The van der Waals surface area contributed by atoms with Gasteiger partial charge in [-0.2, -0.15) is 4.31 Å². The molecule has 0 saturated carbocycles. The molecule has 2 saturated heterocycles. The number of nitrogens with one attached hydrogen (secondary N) is 1. The van der Waals surface area contributed by atoms with Crippen LogP contribution >= 0.6 is 0 Å². The summed E-state index contributed by atoms with van der Waals surface area (Å²) in [6.07, 6.45) is 2.80. The van der Waals surface area contributed by atoms with Crippen LogP contribution in [0.2, 0.25) is 0 Å². The number of rotatable bonds is 10. The zero-order valence-corrected chi connectivity index (χ0v) is 24.9. The second kappa shape index (κ2) is 11.9. The van der Waals surface area contributed by atoms with E-state index in [4.69, 9.17) is 9.47 Å². The number of fused-ring (bicyclic) bond motifs is 1. The number of ether oxygens (including phenoxy) is 2. The minimum absolute atomic E-state index is 0.00849. The number of nitrogens with zero attached hydrogens (tertiary/aromatic N) is 2. The van der Waals surface area contributed by atoms with Gasteiger partial charge in [-0.3, -0.25) is 4.98 Å². The number of aromatic nitrogens is 1. The standard InChI is InChI=1S/C29H37N3O7S2/c1-21(2)40(34,35)26-7-3-6-25(16-26)38-20-24(33)18-31-23-17-29(39-19-23)10-13-32(14-11-29)41(36,37)27-8-9-28-22(15-27)5-4-12-30-28/h3-9,12,15-16,21,23-24,31,33H,10-11,13-14,17-20H2,1-2H3. The van der Waals surface area contributed by atoms with Crippen molar-refractivity contribution in [2.75, 3.05) is 32.8 Å². The monoisotopic (exact) mass is 603 g/mol. The molecule has 0 aliphatic carbocycles. The maximum Gasteiger partial charge on any atom is 0.243 e. The third-order valence-corrected chi connectivity index (χ3v) is 11.9. The summed E-state index contributed by atoms with van der Waals surface area (Å²) in [5.74, 6) is 0.385. The van der Waals surface area contributed by atoms with Crippen LogP contribution in [0, 0.1) is 0 Å². The van der Waals surface area contributed by atoms with E-state index in [9.17, 15) is 21.9 Å². The second-order valence-corrected chi connectivity index (χ2v) is 15.5. The fourth-order valence-electron chi connectivity index (χ4n) is 5.39. The number of aliphatic hydroxyl groups excluding tert-OH is 1. The smallest absolute Gasteiger partial charge is 0.243 e. The van der Waals surface area contributed by atoms with Crippen molar-refractivity contribution in [3.63, 3.8) is 0 Å². The first-order valence-corrected chi connectivity index (χ1v) is 16.8. The molecule has 12 heteroatoms. The lowest BCUT2D eigenvalue weighted by Crippen LogP contribution is -2.47. The zero-order valence-electron chi connectivity index (χ0n) is 23.3. The topological polar surface area (TPSA) is 135 Å². The molecule has 2 fully saturated rings. The molecular formula is C29H37N3O7S2. The number of hydrogen-bond acceptors (Lipinski definition) is 9. The molecule has 1 aromatic heterocycles. The molecule has 0 amide bonds. The first kappa shape index (κ1) is 29.9. The number of hydrogen-bond donors (Lipinski definition) is 2. The van der Waals surface area contributed by atoms with Crippen LogP contribution in [0.25, 0.3) is 10.9 Å². The van der Waals surface area contributed by atoms with Gasteiger partial charge in [-0.25, -0.2) is 16.8 Å². The Kier molecular flexibility index (Phi) is 8.70. The highest BCUT2D eigenvalue weighted by atomic mass is 32.2. The molecular weight excluding hydrogens is 566 g/mol. The first-order valence-electron chi connectivity index (χ1n) is 13.9. The number of sulfonamides is 1. The average molecular weight is 604 g/mol. The van der Waals surface area contributed by atoms with Gasteiger partial charge < -0.3 is 19.9 Å². The van der Waals surface area contributed by atoms with E-state index < -0.39 is 31.2 Å². The van der Waals surface area contributed by atoms with E-state index in [0.29, 0.717) is 38.3 Å². The molecule has 1 spiro atoms. The van der Waals surface area contributed by atoms with Crippen molar-refractivity contribution in [3.8, 4) is 5.75 Å². The lowest BCUT2D eigenvalue weighted by Gasteiger charge is -2.38. The van der Waals surface area contributed by atoms with E-state index in [1.165, 1.54) is 16.4 Å². The maximum absolute atomic E-state index is 13.3. The summed E-state index contributed by atoms with van der Waals surface area (Å²) in [6, 6.07) is 15.0. The molecule has 0 radical (unpaired) electrons. The van der Waals surface area contributed by atoms with Gasteiger partial charge in [0.15, 0.2) is 9.84 Å². The normalized spacial score (nSPS) is 20.5. The van der Waals surface area contributed by atoms with Gasteiger partial charge >= 0.3 is 0 Å². The molecule has 2 atom stereocenters. The summed E-state index contributed by atoms with van der Waals surface area (Å²) in [4.78, 5) is 4.73. The molecule has 0 bridgehead atoms. The Bertz CT molecular complexity index is 1590. The Hall–Kier alpha value is -2.61. The average Bonchev–Trinajstić information content (AvgIpc) is 3.37. The van der Waals surface area contributed by atoms with Crippen LogP contribution < -0.4 is 10.1 Å². The van der Waals surface area contributed by atoms with Gasteiger partial charge in [-0.15, -0.1) is 0 Å². The zero-order chi connectivity index (χ0) is 29.3. The Morgan fingerprint density at radius 1 is 1.07 bits per heavy atom. The Morgan fingerprint density at radius 3 is 2.61 bits per heavy atom. The van der Waals surface area contributed by atoms with Crippen molar-refractivity contribution in [1.82, 2.24) is 14.6 Å². The molecule has 10 nitrogen and oxygen atoms in total. The number of sulfone groups is 1. The SMILES string of the molecule is CC(C)S(=O)(=O)c1cccc(OCC(O)CNC2COC3(CCN(S(=O)(=O)c4ccc5ncccc5c4)CC3)C2)c1. The summed E-state index contributed by atoms with van der Waals surface area (Å²) in [7, 11) is -7.04. The Morgan fingerprint density at radius 2 is 1.85 bits per heavy atom. The van der Waals surface area contributed by atoms with Crippen molar-refractivity contribution in [3.05, 3.63) is 60.8 Å². The highest BCUT2D eigenvalue weighted by Crippen LogP contribution is 2.37. The molecule has 2 N–H and O–H groups in total. The highest BCUT2D eigenvalue weighted by Gasteiger charge is 2.44. The van der Waals surface area contributed by atoms with E-state index in [1.54, 1.807) is 56.4 Å². The van der Waals surface area contributed by atoms with E-state index in [2.05, 4.69) is 10.3 Å². The van der Waals surface area contributed by atoms with E-state index in [1.807, 2.05) is 6.07 Å². The van der Waals surface area contributed by atoms with Crippen LogP contribution in [0.15, 0.2) is 70.6 Å². The van der Waals surface area contributed by atoms with Crippen LogP contribution in [-0.4, -0.2) is 87.1 Å². The fourth-order valence-corrected chi connectivity index (χ4v) is 7.96. The summed E-state index contributed by atoms with van der Waals surface area (Å²) in [5, 5.41) is 14.0. The van der Waals surface area contributed by atoms with Crippen molar-refractivity contribution >= 4 is 30.8 Å². The molecule has 5 rings (SSSR count). The van der Waals surface area contributed by atoms with Gasteiger partial charge in [0.1, 0.15) is 18.5 Å². The molecule has 2 aliphatic rings. The van der Waals surface area contributed by atoms with Crippen LogP contribution in [0.3, 0.4) is 0 Å². The molecule has 3 aromatic rings. The first-order chi connectivity index (χ1) is 19.5. The maximum atomic E-state index is 13.3. The van der Waals surface area contributed by atoms with Crippen LogP contribution in [0.1, 0.15) is 33.1 Å². The molecule has 41 heavy (non-hydrogen) atoms. The number of benzene rings is 2. The predicted octanol–water partition coefficient (Wildman–Crippen LogP) is 2.76. The Balaban J connectivity index is 1.09. The summed E-state index contributed by atoms with van der Waals surface area (Å²) >= 11 is 0. The van der Waals surface area contributed by atoms with Crippen molar-refractivity contribution in [1.29, 1.82) is 0 Å². The minimum atomic E-state index is -3.63. The summed E-state index contributed by atoms with van der Waals surface area (Å²) < 4.78 is 64.8. The largest absolute Gasteiger partial charge is 0.491 e. The van der Waals surface area contributed by atoms with Gasteiger partial charge in [0.25, 0.3) is 0 Å². The molecule has 2 aromatic carbocycles. The third-order valence-electron chi connectivity index (χ3n) is 7.89. The van der Waals surface area contributed by atoms with E-state index >= 15 is 0 Å². The van der Waals surface area contributed by atoms with Gasteiger partial charge in [-0.05, 0) is 75.6 Å². The van der Waals surface area contributed by atoms with Crippen LogP contribution in [0.4, 0.5) is 0 Å². The fraction of sp³-hybridized carbons (Fsp3) is 0.483. The summed E-state index contributed by atoms with van der Waals surface area (Å²) in [6.45, 7) is 4.78. The van der Waals surface area contributed by atoms with Gasteiger partial charge in [0.2, 0.25) is 10.0 Å². The number of pyridine rings is 1. The van der Waals surface area contributed by atoms with Gasteiger partial charge in [0, 0.05) is 37.3 Å². The number of aliphatic hydroxyl groups is 1.